The Morgan fingerprint density at radius 3 is 2.24 bits per heavy atom. The normalized spacial score (nSPS) is 18.7. The second kappa shape index (κ2) is 6.34. The van der Waals surface area contributed by atoms with Crippen LogP contribution >= 0.6 is 0 Å². The fourth-order valence-corrected chi connectivity index (χ4v) is 4.58. The predicted molar refractivity (Wildman–Crippen MR) is 82.8 cm³/mol. The van der Waals surface area contributed by atoms with Gasteiger partial charge in [0.05, 0.1) is 12.0 Å². The molecule has 21 heavy (non-hydrogen) atoms. The summed E-state index contributed by atoms with van der Waals surface area (Å²) in [7, 11) is -0.329. The van der Waals surface area contributed by atoms with Crippen LogP contribution in [0.5, 0.6) is 5.75 Å². The highest BCUT2D eigenvalue weighted by atomic mass is 32.2. The molecule has 1 aliphatic rings. The van der Waals surface area contributed by atoms with Gasteiger partial charge >= 0.3 is 0 Å². The summed E-state index contributed by atoms with van der Waals surface area (Å²) in [6, 6.07) is 6.49. The van der Waals surface area contributed by atoms with Crippen LogP contribution in [-0.4, -0.2) is 39.0 Å². The molecular weight excluding hydrogens is 288 g/mol. The maximum Gasteiger partial charge on any atom is 0.243 e. The van der Waals surface area contributed by atoms with Gasteiger partial charge in [-0.25, -0.2) is 8.42 Å². The molecule has 118 valence electrons. The smallest absolute Gasteiger partial charge is 0.243 e. The first-order valence-corrected chi connectivity index (χ1v) is 8.73. The van der Waals surface area contributed by atoms with Crippen molar-refractivity contribution in [2.45, 2.75) is 42.5 Å². The molecule has 0 unspecified atom stereocenters. The van der Waals surface area contributed by atoms with Crippen molar-refractivity contribution in [1.29, 1.82) is 0 Å². The molecule has 5 nitrogen and oxygen atoms in total. The Morgan fingerprint density at radius 2 is 1.76 bits per heavy atom. The zero-order chi connectivity index (χ0) is 15.5. The van der Waals surface area contributed by atoms with Gasteiger partial charge in [-0.2, -0.15) is 4.31 Å². The lowest BCUT2D eigenvalue weighted by Gasteiger charge is -2.43. The van der Waals surface area contributed by atoms with Gasteiger partial charge in [0.1, 0.15) is 5.75 Å². The molecule has 0 aromatic heterocycles. The minimum absolute atomic E-state index is 0.282. The molecule has 0 radical (unpaired) electrons. The summed E-state index contributed by atoms with van der Waals surface area (Å²) < 4.78 is 32.2. The summed E-state index contributed by atoms with van der Waals surface area (Å²) in [5.41, 5.74) is 5.49. The number of rotatable bonds is 5. The minimum Gasteiger partial charge on any atom is -0.497 e. The molecule has 1 aromatic carbocycles. The first kappa shape index (κ1) is 16.3. The molecule has 2 rings (SSSR count). The Bertz CT molecular complexity index is 563. The summed E-state index contributed by atoms with van der Waals surface area (Å²) >= 11 is 0. The Balaban J connectivity index is 2.32. The van der Waals surface area contributed by atoms with Crippen molar-refractivity contribution in [3.8, 4) is 5.75 Å². The van der Waals surface area contributed by atoms with Gasteiger partial charge in [0, 0.05) is 19.1 Å². The lowest BCUT2D eigenvalue weighted by Crippen LogP contribution is -2.55. The second-order valence-corrected chi connectivity index (χ2v) is 7.61. The molecule has 0 spiro atoms. The third-order valence-electron chi connectivity index (χ3n) is 4.55. The van der Waals surface area contributed by atoms with Crippen LogP contribution in [0.4, 0.5) is 0 Å². The molecule has 0 heterocycles. The van der Waals surface area contributed by atoms with E-state index in [1.165, 1.54) is 4.31 Å². The zero-order valence-electron chi connectivity index (χ0n) is 12.7. The summed E-state index contributed by atoms with van der Waals surface area (Å²) in [5, 5.41) is 0. The molecule has 0 aliphatic heterocycles. The molecule has 1 aromatic rings. The van der Waals surface area contributed by atoms with E-state index in [-0.39, 0.29) is 4.90 Å². The number of ether oxygens (including phenoxy) is 1. The summed E-state index contributed by atoms with van der Waals surface area (Å²) in [5.74, 6) is 0.641. The number of benzene rings is 1. The topological polar surface area (TPSA) is 72.6 Å². The molecule has 1 saturated carbocycles. The van der Waals surface area contributed by atoms with Crippen molar-refractivity contribution in [3.63, 3.8) is 0 Å². The first-order valence-electron chi connectivity index (χ1n) is 7.29. The van der Waals surface area contributed by atoms with Crippen LogP contribution in [0.3, 0.4) is 0 Å². The van der Waals surface area contributed by atoms with E-state index in [1.54, 1.807) is 38.4 Å². The number of sulfonamides is 1. The van der Waals surface area contributed by atoms with Gasteiger partial charge in [-0.05, 0) is 37.1 Å². The van der Waals surface area contributed by atoms with Crippen molar-refractivity contribution in [1.82, 2.24) is 4.31 Å². The van der Waals surface area contributed by atoms with Crippen LogP contribution in [-0.2, 0) is 10.0 Å². The van der Waals surface area contributed by atoms with Crippen LogP contribution in [0.1, 0.15) is 32.1 Å². The van der Waals surface area contributed by atoms with E-state index in [1.807, 2.05) is 0 Å². The lowest BCUT2D eigenvalue weighted by molar-refractivity contribution is 0.159. The Kier molecular flexibility index (Phi) is 4.91. The number of hydrogen-bond donors (Lipinski definition) is 1. The second-order valence-electron chi connectivity index (χ2n) is 5.64. The van der Waals surface area contributed by atoms with E-state index in [9.17, 15) is 8.42 Å². The maximum atomic E-state index is 12.8. The van der Waals surface area contributed by atoms with E-state index in [0.717, 1.165) is 32.1 Å². The predicted octanol–water partition coefficient (Wildman–Crippen LogP) is 1.98. The standard InChI is InChI=1S/C15H24N2O3S/c1-17(15(12-16)10-4-3-5-11-15)21(18,19)14-8-6-13(20-2)7-9-14/h6-9H,3-5,10-12,16H2,1-2H3. The molecule has 0 atom stereocenters. The monoisotopic (exact) mass is 312 g/mol. The van der Waals surface area contributed by atoms with Crippen LogP contribution in [0.15, 0.2) is 29.2 Å². The van der Waals surface area contributed by atoms with Gasteiger partial charge in [0.15, 0.2) is 0 Å². The highest BCUT2D eigenvalue weighted by Crippen LogP contribution is 2.35. The first-order chi connectivity index (χ1) is 9.96. The van der Waals surface area contributed by atoms with E-state index in [2.05, 4.69) is 0 Å². The maximum absolute atomic E-state index is 12.8. The van der Waals surface area contributed by atoms with Gasteiger partial charge in [0.2, 0.25) is 10.0 Å². The van der Waals surface area contributed by atoms with Crippen LogP contribution in [0.2, 0.25) is 0 Å². The number of hydrogen-bond acceptors (Lipinski definition) is 4. The van der Waals surface area contributed by atoms with Gasteiger partial charge in [-0.1, -0.05) is 19.3 Å². The van der Waals surface area contributed by atoms with Gasteiger partial charge in [-0.3, -0.25) is 0 Å². The van der Waals surface area contributed by atoms with Crippen LogP contribution < -0.4 is 10.5 Å². The highest BCUT2D eigenvalue weighted by molar-refractivity contribution is 7.89. The molecule has 2 N–H and O–H groups in total. The van der Waals surface area contributed by atoms with E-state index >= 15 is 0 Å². The number of likely N-dealkylation sites (N-methyl/N-ethyl adjacent to an activating group) is 1. The number of nitrogens with two attached hydrogens (primary N) is 1. The molecule has 6 heteroatoms. The SMILES string of the molecule is COc1ccc(S(=O)(=O)N(C)C2(CN)CCCCC2)cc1. The molecule has 0 amide bonds. The fourth-order valence-electron chi connectivity index (χ4n) is 3.02. The van der Waals surface area contributed by atoms with Crippen molar-refractivity contribution >= 4 is 10.0 Å². The Morgan fingerprint density at radius 1 is 1.19 bits per heavy atom. The average Bonchev–Trinajstić information content (AvgIpc) is 2.54. The van der Waals surface area contributed by atoms with Crippen LogP contribution in [0, 0.1) is 0 Å². The third kappa shape index (κ3) is 3.07. The number of nitrogens with zero attached hydrogens (tertiary/aromatic N) is 1. The van der Waals surface area contributed by atoms with E-state index in [4.69, 9.17) is 10.5 Å². The molecule has 1 fully saturated rings. The highest BCUT2D eigenvalue weighted by Gasteiger charge is 2.41. The number of methoxy groups -OCH3 is 1. The minimum atomic E-state index is -3.54. The summed E-state index contributed by atoms with van der Waals surface area (Å²) in [6.45, 7) is 0.360. The quantitative estimate of drug-likeness (QED) is 0.902. The third-order valence-corrected chi connectivity index (χ3v) is 6.53. The van der Waals surface area contributed by atoms with Crippen molar-refractivity contribution in [2.75, 3.05) is 20.7 Å². The molecule has 0 saturated heterocycles. The fraction of sp³-hybridized carbons (Fsp3) is 0.600. The lowest BCUT2D eigenvalue weighted by atomic mass is 9.82. The van der Waals surface area contributed by atoms with Gasteiger partial charge in [0.25, 0.3) is 0 Å². The Hall–Kier alpha value is -1.11. The van der Waals surface area contributed by atoms with Crippen molar-refractivity contribution in [2.24, 2.45) is 5.73 Å². The largest absolute Gasteiger partial charge is 0.497 e. The Labute approximate surface area is 127 Å². The zero-order valence-corrected chi connectivity index (χ0v) is 13.5. The van der Waals surface area contributed by atoms with Crippen molar-refractivity contribution < 1.29 is 13.2 Å². The average molecular weight is 312 g/mol. The van der Waals surface area contributed by atoms with Crippen molar-refractivity contribution in [3.05, 3.63) is 24.3 Å². The molecule has 0 bridgehead atoms. The van der Waals surface area contributed by atoms with Gasteiger partial charge in [-0.15, -0.1) is 0 Å². The molecule has 1 aliphatic carbocycles. The summed E-state index contributed by atoms with van der Waals surface area (Å²) in [4.78, 5) is 0.282. The van der Waals surface area contributed by atoms with E-state index in [0.29, 0.717) is 12.3 Å². The van der Waals surface area contributed by atoms with E-state index < -0.39 is 15.6 Å². The van der Waals surface area contributed by atoms with Gasteiger partial charge < -0.3 is 10.5 Å². The molecular formula is C15H24N2O3S. The van der Waals surface area contributed by atoms with Crippen LogP contribution in [0.25, 0.3) is 0 Å². The summed E-state index contributed by atoms with van der Waals surface area (Å²) in [6.07, 6.45) is 4.86.